The number of hydrogen-bond donors (Lipinski definition) is 0. The number of rotatable bonds is 4. The molecule has 1 aliphatic heterocycles. The predicted molar refractivity (Wildman–Crippen MR) is 73.9 cm³/mol. The predicted octanol–water partition coefficient (Wildman–Crippen LogP) is 3.02. The maximum atomic E-state index is 13.5. The lowest BCUT2D eigenvalue weighted by molar-refractivity contribution is -0.0137. The van der Waals surface area contributed by atoms with Crippen molar-refractivity contribution >= 4 is 18.6 Å². The zero-order valence-corrected chi connectivity index (χ0v) is 10.9. The summed E-state index contributed by atoms with van der Waals surface area (Å²) in [6.07, 6.45) is 1.61. The van der Waals surface area contributed by atoms with E-state index in [9.17, 15) is 8.78 Å². The quantitative estimate of drug-likeness (QED) is 0.783. The lowest BCUT2D eigenvalue weighted by Gasteiger charge is -2.18. The minimum absolute atomic E-state index is 0.281. The highest BCUT2D eigenvalue weighted by molar-refractivity contribution is 5.53. The lowest BCUT2D eigenvalue weighted by atomic mass is 10.1. The van der Waals surface area contributed by atoms with E-state index in [4.69, 9.17) is 0 Å². The summed E-state index contributed by atoms with van der Waals surface area (Å²) in [6, 6.07) is 3.59. The third kappa shape index (κ3) is 2.64. The van der Waals surface area contributed by atoms with E-state index in [1.54, 1.807) is 24.0 Å². The Labute approximate surface area is 111 Å². The minimum atomic E-state index is -2.66. The summed E-state index contributed by atoms with van der Waals surface area (Å²) in [5.74, 6) is -2.75. The van der Waals surface area contributed by atoms with E-state index in [0.29, 0.717) is 24.6 Å². The molecule has 0 saturated carbocycles. The van der Waals surface area contributed by atoms with Gasteiger partial charge in [-0.15, -0.1) is 0 Å². The van der Waals surface area contributed by atoms with Gasteiger partial charge in [0, 0.05) is 12.5 Å². The Bertz CT molecular complexity index is 499. The molecule has 2 heterocycles. The third-order valence-corrected chi connectivity index (χ3v) is 3.41. The summed E-state index contributed by atoms with van der Waals surface area (Å²) in [5, 5.41) is 0. The standard InChI is InChI=1S/C14H17F2N3/c1-4-12-11(7-17-3)5-6-13(18-12)19-8-10(2)14(15,16)9-19/h4-6,10H,1,3,7-9H2,2H3. The van der Waals surface area contributed by atoms with Gasteiger partial charge in [0.15, 0.2) is 0 Å². The van der Waals surface area contributed by atoms with Crippen LogP contribution in [0.2, 0.25) is 0 Å². The van der Waals surface area contributed by atoms with Crippen LogP contribution in [0.5, 0.6) is 0 Å². The van der Waals surface area contributed by atoms with Gasteiger partial charge in [0.25, 0.3) is 5.92 Å². The number of aliphatic imine (C=N–C) groups is 1. The van der Waals surface area contributed by atoms with Gasteiger partial charge in [0.05, 0.1) is 18.8 Å². The molecule has 1 saturated heterocycles. The molecule has 1 atom stereocenters. The van der Waals surface area contributed by atoms with E-state index in [1.165, 1.54) is 0 Å². The first-order valence-corrected chi connectivity index (χ1v) is 6.15. The topological polar surface area (TPSA) is 28.5 Å². The highest BCUT2D eigenvalue weighted by Crippen LogP contribution is 2.35. The monoisotopic (exact) mass is 265 g/mol. The molecule has 0 amide bonds. The second-order valence-corrected chi connectivity index (χ2v) is 4.84. The second-order valence-electron chi connectivity index (χ2n) is 4.84. The number of alkyl halides is 2. The molecule has 0 bridgehead atoms. The fourth-order valence-corrected chi connectivity index (χ4v) is 2.21. The van der Waals surface area contributed by atoms with Crippen molar-refractivity contribution in [1.82, 2.24) is 4.98 Å². The van der Waals surface area contributed by atoms with Crippen molar-refractivity contribution in [3.8, 4) is 0 Å². The fraction of sp³-hybridized carbons (Fsp3) is 0.429. The van der Waals surface area contributed by atoms with Crippen LogP contribution in [0, 0.1) is 5.92 Å². The van der Waals surface area contributed by atoms with Crippen molar-refractivity contribution in [3.05, 3.63) is 30.0 Å². The van der Waals surface area contributed by atoms with Gasteiger partial charge in [-0.3, -0.25) is 4.99 Å². The summed E-state index contributed by atoms with van der Waals surface area (Å²) >= 11 is 0. The van der Waals surface area contributed by atoms with E-state index >= 15 is 0 Å². The normalized spacial score (nSPS) is 21.4. The van der Waals surface area contributed by atoms with Gasteiger partial charge in [-0.2, -0.15) is 0 Å². The van der Waals surface area contributed by atoms with Crippen LogP contribution in [0.25, 0.3) is 6.08 Å². The molecule has 19 heavy (non-hydrogen) atoms. The molecule has 0 aromatic carbocycles. The van der Waals surface area contributed by atoms with Crippen molar-refractivity contribution in [2.75, 3.05) is 18.0 Å². The lowest BCUT2D eigenvalue weighted by Crippen LogP contribution is -2.27. The number of halogens is 2. The van der Waals surface area contributed by atoms with Gasteiger partial charge >= 0.3 is 0 Å². The van der Waals surface area contributed by atoms with Crippen molar-refractivity contribution < 1.29 is 8.78 Å². The fourth-order valence-electron chi connectivity index (χ4n) is 2.21. The Morgan fingerprint density at radius 2 is 2.32 bits per heavy atom. The zero-order valence-electron chi connectivity index (χ0n) is 10.9. The van der Waals surface area contributed by atoms with Crippen molar-refractivity contribution in [2.45, 2.75) is 19.4 Å². The van der Waals surface area contributed by atoms with Gasteiger partial charge in [-0.25, -0.2) is 13.8 Å². The third-order valence-electron chi connectivity index (χ3n) is 3.41. The average molecular weight is 265 g/mol. The van der Waals surface area contributed by atoms with Crippen molar-refractivity contribution in [1.29, 1.82) is 0 Å². The molecule has 1 unspecified atom stereocenters. The SMILES string of the molecule is C=Cc1nc(N2CC(C)C(F)(F)C2)ccc1CN=C. The Balaban J connectivity index is 2.27. The maximum absolute atomic E-state index is 13.5. The van der Waals surface area contributed by atoms with E-state index < -0.39 is 11.8 Å². The Hall–Kier alpha value is -1.78. The molecule has 102 valence electrons. The molecule has 1 aliphatic rings. The maximum Gasteiger partial charge on any atom is 0.269 e. The van der Waals surface area contributed by atoms with Gasteiger partial charge < -0.3 is 4.90 Å². The van der Waals surface area contributed by atoms with Crippen molar-refractivity contribution in [2.24, 2.45) is 10.9 Å². The van der Waals surface area contributed by atoms with E-state index in [0.717, 1.165) is 5.56 Å². The summed E-state index contributed by atoms with van der Waals surface area (Å²) in [5.41, 5.74) is 1.57. The first-order chi connectivity index (χ1) is 8.97. The van der Waals surface area contributed by atoms with Crippen LogP contribution in [0.3, 0.4) is 0 Å². The van der Waals surface area contributed by atoms with E-state index in [-0.39, 0.29) is 6.54 Å². The smallest absolute Gasteiger partial charge is 0.269 e. The van der Waals surface area contributed by atoms with Crippen LogP contribution < -0.4 is 4.90 Å². The molecule has 0 radical (unpaired) electrons. The second kappa shape index (κ2) is 5.07. The minimum Gasteiger partial charge on any atom is -0.350 e. The summed E-state index contributed by atoms with van der Waals surface area (Å²) in [4.78, 5) is 9.80. The number of anilines is 1. The van der Waals surface area contributed by atoms with Gasteiger partial charge in [0.1, 0.15) is 5.82 Å². The first kappa shape index (κ1) is 13.6. The Kier molecular flexibility index (Phi) is 3.64. The molecule has 0 aliphatic carbocycles. The highest BCUT2D eigenvalue weighted by Gasteiger charge is 2.45. The summed E-state index contributed by atoms with van der Waals surface area (Å²) in [7, 11) is 0. The molecule has 3 nitrogen and oxygen atoms in total. The molecular formula is C14H17F2N3. The Morgan fingerprint density at radius 3 is 2.84 bits per heavy atom. The van der Waals surface area contributed by atoms with Crippen LogP contribution in [0.1, 0.15) is 18.2 Å². The Morgan fingerprint density at radius 1 is 1.58 bits per heavy atom. The molecule has 2 rings (SSSR count). The van der Waals surface area contributed by atoms with E-state index in [1.807, 2.05) is 6.07 Å². The molecule has 5 heteroatoms. The number of aromatic nitrogens is 1. The molecule has 0 spiro atoms. The van der Waals surface area contributed by atoms with Crippen LogP contribution in [-0.2, 0) is 6.54 Å². The van der Waals surface area contributed by atoms with Crippen LogP contribution in [0.4, 0.5) is 14.6 Å². The number of pyridine rings is 1. The zero-order chi connectivity index (χ0) is 14.0. The summed E-state index contributed by atoms with van der Waals surface area (Å²) in [6.45, 7) is 9.17. The average Bonchev–Trinajstić information content (AvgIpc) is 2.65. The highest BCUT2D eigenvalue weighted by atomic mass is 19.3. The first-order valence-electron chi connectivity index (χ1n) is 6.15. The molecule has 1 aromatic rings. The molecule has 1 fully saturated rings. The van der Waals surface area contributed by atoms with Crippen LogP contribution in [0.15, 0.2) is 23.7 Å². The van der Waals surface area contributed by atoms with Gasteiger partial charge in [-0.1, -0.05) is 19.6 Å². The van der Waals surface area contributed by atoms with Gasteiger partial charge in [0.2, 0.25) is 0 Å². The number of nitrogens with zero attached hydrogens (tertiary/aromatic N) is 3. The van der Waals surface area contributed by atoms with Crippen molar-refractivity contribution in [3.63, 3.8) is 0 Å². The molecule has 0 N–H and O–H groups in total. The largest absolute Gasteiger partial charge is 0.350 e. The van der Waals surface area contributed by atoms with Crippen LogP contribution in [-0.4, -0.2) is 30.7 Å². The van der Waals surface area contributed by atoms with Crippen LogP contribution >= 0.6 is 0 Å². The molecular weight excluding hydrogens is 248 g/mol. The summed E-state index contributed by atoms with van der Waals surface area (Å²) < 4.78 is 27.1. The number of hydrogen-bond acceptors (Lipinski definition) is 3. The molecule has 1 aromatic heterocycles. The van der Waals surface area contributed by atoms with E-state index in [2.05, 4.69) is 23.3 Å². The van der Waals surface area contributed by atoms with Gasteiger partial charge in [-0.05, 0) is 24.4 Å².